The molecule has 5 nitrogen and oxygen atoms in total. The Morgan fingerprint density at radius 1 is 1.30 bits per heavy atom. The van der Waals surface area contributed by atoms with E-state index in [-0.39, 0.29) is 23.4 Å². The van der Waals surface area contributed by atoms with Crippen molar-refractivity contribution in [1.82, 2.24) is 15.3 Å². The summed E-state index contributed by atoms with van der Waals surface area (Å²) in [6, 6.07) is 1.11. The molecule has 0 saturated carbocycles. The lowest BCUT2D eigenvalue weighted by Crippen LogP contribution is -2.43. The van der Waals surface area contributed by atoms with Gasteiger partial charge in [0.2, 0.25) is 11.7 Å². The summed E-state index contributed by atoms with van der Waals surface area (Å²) in [4.78, 5) is 17.9. The number of carbonyl (C=O) groups is 1. The maximum Gasteiger partial charge on any atom is 0.451 e. The second-order valence-electron chi connectivity index (χ2n) is 5.05. The fourth-order valence-corrected chi connectivity index (χ4v) is 1.45. The quantitative estimate of drug-likeness (QED) is 0.842. The van der Waals surface area contributed by atoms with E-state index in [1.165, 1.54) is 0 Å². The molecule has 0 atom stereocenters. The SMILES string of the molecule is CC(C)(C)NC(=O)CNc1cc(Cl)nc(C(F)(F)F)n1. The summed E-state index contributed by atoms with van der Waals surface area (Å²) in [5, 5.41) is 4.77. The number of halogens is 4. The molecule has 20 heavy (non-hydrogen) atoms. The van der Waals surface area contributed by atoms with Crippen LogP contribution in [0.4, 0.5) is 19.0 Å². The van der Waals surface area contributed by atoms with Crippen molar-refractivity contribution in [3.8, 4) is 0 Å². The van der Waals surface area contributed by atoms with Gasteiger partial charge in [0, 0.05) is 11.6 Å². The fourth-order valence-electron chi connectivity index (χ4n) is 1.27. The van der Waals surface area contributed by atoms with Gasteiger partial charge in [-0.1, -0.05) is 11.6 Å². The van der Waals surface area contributed by atoms with Crippen molar-refractivity contribution in [3.05, 3.63) is 17.0 Å². The van der Waals surface area contributed by atoms with Crippen LogP contribution in [0.2, 0.25) is 5.15 Å². The molecular formula is C11H14ClF3N4O. The molecule has 0 radical (unpaired) electrons. The zero-order chi connectivity index (χ0) is 15.6. The predicted octanol–water partition coefficient (Wildman–Crippen LogP) is 2.48. The number of nitrogens with one attached hydrogen (secondary N) is 2. The van der Waals surface area contributed by atoms with E-state index in [1.54, 1.807) is 20.8 Å². The third-order valence-electron chi connectivity index (χ3n) is 1.89. The van der Waals surface area contributed by atoms with Crippen molar-refractivity contribution in [2.75, 3.05) is 11.9 Å². The highest BCUT2D eigenvalue weighted by molar-refractivity contribution is 6.29. The van der Waals surface area contributed by atoms with Gasteiger partial charge in [0.15, 0.2) is 0 Å². The highest BCUT2D eigenvalue weighted by Gasteiger charge is 2.35. The van der Waals surface area contributed by atoms with Gasteiger partial charge in [0.1, 0.15) is 11.0 Å². The lowest BCUT2D eigenvalue weighted by atomic mass is 10.1. The number of aromatic nitrogens is 2. The van der Waals surface area contributed by atoms with Crippen LogP contribution in [0.15, 0.2) is 6.07 Å². The molecule has 0 unspecified atom stereocenters. The number of carbonyl (C=O) groups excluding carboxylic acids is 1. The summed E-state index contributed by atoms with van der Waals surface area (Å²) in [7, 11) is 0. The third-order valence-corrected chi connectivity index (χ3v) is 2.09. The molecule has 0 aliphatic carbocycles. The minimum Gasteiger partial charge on any atom is -0.361 e. The number of rotatable bonds is 3. The first kappa shape index (κ1) is 16.5. The first-order valence-corrected chi connectivity index (χ1v) is 6.02. The molecule has 1 aromatic heterocycles. The zero-order valence-electron chi connectivity index (χ0n) is 11.1. The van der Waals surface area contributed by atoms with E-state index in [1.807, 2.05) is 0 Å². The molecule has 1 amide bonds. The van der Waals surface area contributed by atoms with E-state index in [0.717, 1.165) is 6.07 Å². The van der Waals surface area contributed by atoms with Gasteiger partial charge in [-0.3, -0.25) is 4.79 Å². The Labute approximate surface area is 118 Å². The minimum absolute atomic E-state index is 0.165. The van der Waals surface area contributed by atoms with Crippen molar-refractivity contribution in [3.63, 3.8) is 0 Å². The van der Waals surface area contributed by atoms with Crippen molar-refractivity contribution in [2.24, 2.45) is 0 Å². The molecule has 0 aliphatic heterocycles. The van der Waals surface area contributed by atoms with Crippen LogP contribution in [-0.2, 0) is 11.0 Å². The van der Waals surface area contributed by atoms with Crippen molar-refractivity contribution < 1.29 is 18.0 Å². The average molecular weight is 311 g/mol. The molecule has 0 aromatic carbocycles. The van der Waals surface area contributed by atoms with Gasteiger partial charge in [0.05, 0.1) is 6.54 Å². The van der Waals surface area contributed by atoms with E-state index >= 15 is 0 Å². The molecule has 0 fully saturated rings. The van der Waals surface area contributed by atoms with Gasteiger partial charge in [-0.05, 0) is 20.8 Å². The molecule has 0 aliphatic rings. The van der Waals surface area contributed by atoms with Gasteiger partial charge in [-0.15, -0.1) is 0 Å². The maximum absolute atomic E-state index is 12.5. The van der Waals surface area contributed by atoms with Gasteiger partial charge in [-0.25, -0.2) is 9.97 Å². The van der Waals surface area contributed by atoms with Gasteiger partial charge in [0.25, 0.3) is 0 Å². The van der Waals surface area contributed by atoms with Crippen LogP contribution in [-0.4, -0.2) is 28.0 Å². The third kappa shape index (κ3) is 5.60. The molecule has 9 heteroatoms. The van der Waals surface area contributed by atoms with E-state index < -0.39 is 17.5 Å². The number of alkyl halides is 3. The highest BCUT2D eigenvalue weighted by atomic mass is 35.5. The summed E-state index contributed by atoms with van der Waals surface area (Å²) in [6.45, 7) is 5.14. The first-order valence-electron chi connectivity index (χ1n) is 5.64. The second kappa shape index (κ2) is 5.82. The predicted molar refractivity (Wildman–Crippen MR) is 68.4 cm³/mol. The number of hydrogen-bond donors (Lipinski definition) is 2. The number of nitrogens with zero attached hydrogens (tertiary/aromatic N) is 2. The molecule has 1 rings (SSSR count). The van der Waals surface area contributed by atoms with Crippen LogP contribution in [0.1, 0.15) is 26.6 Å². The molecule has 2 N–H and O–H groups in total. The Morgan fingerprint density at radius 2 is 1.90 bits per heavy atom. The van der Waals surface area contributed by atoms with E-state index in [2.05, 4.69) is 20.6 Å². The molecule has 1 aromatic rings. The fraction of sp³-hybridized carbons (Fsp3) is 0.545. The lowest BCUT2D eigenvalue weighted by Gasteiger charge is -2.20. The van der Waals surface area contributed by atoms with Gasteiger partial charge < -0.3 is 10.6 Å². The lowest BCUT2D eigenvalue weighted by molar-refractivity contribution is -0.144. The van der Waals surface area contributed by atoms with Crippen LogP contribution in [0.5, 0.6) is 0 Å². The number of hydrogen-bond acceptors (Lipinski definition) is 4. The Balaban J connectivity index is 2.74. The normalized spacial score (nSPS) is 12.2. The van der Waals surface area contributed by atoms with Gasteiger partial charge in [-0.2, -0.15) is 13.2 Å². The number of anilines is 1. The summed E-state index contributed by atoms with van der Waals surface area (Å²) < 4.78 is 37.4. The Hall–Kier alpha value is -1.57. The van der Waals surface area contributed by atoms with Crippen LogP contribution < -0.4 is 10.6 Å². The summed E-state index contributed by atoms with van der Waals surface area (Å²) in [6.07, 6.45) is -4.70. The topological polar surface area (TPSA) is 66.9 Å². The van der Waals surface area contributed by atoms with Crippen molar-refractivity contribution in [2.45, 2.75) is 32.5 Å². The first-order chi connectivity index (χ1) is 8.97. The molecule has 0 saturated heterocycles. The largest absolute Gasteiger partial charge is 0.451 e. The summed E-state index contributed by atoms with van der Waals surface area (Å²) in [5.41, 5.74) is -0.431. The Kier molecular flexibility index (Phi) is 4.80. The smallest absolute Gasteiger partial charge is 0.361 e. The molecule has 0 bridgehead atoms. The Morgan fingerprint density at radius 3 is 2.40 bits per heavy atom. The highest BCUT2D eigenvalue weighted by Crippen LogP contribution is 2.28. The van der Waals surface area contributed by atoms with Crippen LogP contribution in [0.25, 0.3) is 0 Å². The van der Waals surface area contributed by atoms with E-state index in [9.17, 15) is 18.0 Å². The summed E-state index contributed by atoms with van der Waals surface area (Å²) in [5.74, 6) is -1.90. The molecule has 112 valence electrons. The average Bonchev–Trinajstić information content (AvgIpc) is 2.22. The Bertz CT molecular complexity index is 499. The van der Waals surface area contributed by atoms with Crippen LogP contribution in [0.3, 0.4) is 0 Å². The molecule has 1 heterocycles. The zero-order valence-corrected chi connectivity index (χ0v) is 11.9. The van der Waals surface area contributed by atoms with Crippen LogP contribution in [0, 0.1) is 0 Å². The van der Waals surface area contributed by atoms with Gasteiger partial charge >= 0.3 is 6.18 Å². The standard InChI is InChI=1S/C11H14ClF3N4O/c1-10(2,3)19-8(20)5-16-7-4-6(12)17-9(18-7)11(13,14)15/h4H,5H2,1-3H3,(H,19,20)(H,16,17,18). The monoisotopic (exact) mass is 310 g/mol. The second-order valence-corrected chi connectivity index (χ2v) is 5.44. The van der Waals surface area contributed by atoms with E-state index in [0.29, 0.717) is 0 Å². The van der Waals surface area contributed by atoms with Crippen LogP contribution >= 0.6 is 11.6 Å². The van der Waals surface area contributed by atoms with Crippen molar-refractivity contribution in [1.29, 1.82) is 0 Å². The van der Waals surface area contributed by atoms with E-state index in [4.69, 9.17) is 11.6 Å². The molecular weight excluding hydrogens is 297 g/mol. The van der Waals surface area contributed by atoms with Crippen molar-refractivity contribution >= 4 is 23.3 Å². The minimum atomic E-state index is -4.70. The molecule has 0 spiro atoms. The number of amides is 1. The maximum atomic E-state index is 12.5. The summed E-state index contributed by atoms with van der Waals surface area (Å²) >= 11 is 5.49.